The molecule has 126 valence electrons. The summed E-state index contributed by atoms with van der Waals surface area (Å²) < 4.78 is 2.41. The van der Waals surface area contributed by atoms with Crippen LogP contribution >= 0.6 is 0 Å². The number of likely N-dealkylation sites (tertiary alicyclic amines) is 1. The molecule has 0 N–H and O–H groups in total. The van der Waals surface area contributed by atoms with Crippen molar-refractivity contribution >= 4 is 0 Å². The predicted molar refractivity (Wildman–Crippen MR) is 92.4 cm³/mol. The Morgan fingerprint density at radius 3 is 2.96 bits per heavy atom. The maximum absolute atomic E-state index is 4.55. The lowest BCUT2D eigenvalue weighted by Crippen LogP contribution is -2.40. The Morgan fingerprint density at radius 2 is 2.09 bits per heavy atom. The van der Waals surface area contributed by atoms with Crippen LogP contribution in [0, 0.1) is 11.8 Å². The third kappa shape index (κ3) is 2.98. The number of piperidine rings is 1. The van der Waals surface area contributed by atoms with E-state index in [1.165, 1.54) is 63.4 Å². The molecule has 0 unspecified atom stereocenters. The van der Waals surface area contributed by atoms with E-state index in [-0.39, 0.29) is 0 Å². The van der Waals surface area contributed by atoms with Crippen LogP contribution in [0.1, 0.15) is 63.5 Å². The molecule has 3 heterocycles. The molecule has 1 aromatic rings. The number of hydrogen-bond acceptors (Lipinski definition) is 3. The molecule has 4 rings (SSSR count). The third-order valence-corrected chi connectivity index (χ3v) is 6.32. The molecule has 2 aliphatic heterocycles. The van der Waals surface area contributed by atoms with E-state index in [2.05, 4.69) is 39.6 Å². The first-order valence-electron chi connectivity index (χ1n) is 9.53. The molecule has 23 heavy (non-hydrogen) atoms. The van der Waals surface area contributed by atoms with Crippen molar-refractivity contribution in [3.8, 4) is 0 Å². The van der Waals surface area contributed by atoms with Crippen molar-refractivity contribution in [3.63, 3.8) is 0 Å². The van der Waals surface area contributed by atoms with Crippen molar-refractivity contribution in [3.05, 3.63) is 23.3 Å². The van der Waals surface area contributed by atoms with Crippen LogP contribution in [0.5, 0.6) is 0 Å². The summed E-state index contributed by atoms with van der Waals surface area (Å²) in [5.41, 5.74) is 1.62. The molecule has 4 nitrogen and oxygen atoms in total. The van der Waals surface area contributed by atoms with Crippen LogP contribution in [-0.4, -0.2) is 39.3 Å². The normalized spacial score (nSPS) is 31.9. The molecular formula is C19H30N4. The zero-order valence-corrected chi connectivity index (χ0v) is 14.7. The Labute approximate surface area is 140 Å². The first kappa shape index (κ1) is 15.4. The second-order valence-corrected chi connectivity index (χ2v) is 7.94. The van der Waals surface area contributed by atoms with Crippen LogP contribution in [0.3, 0.4) is 0 Å². The Bertz CT molecular complexity index is 588. The average Bonchev–Trinajstić information content (AvgIpc) is 3.14. The van der Waals surface area contributed by atoms with Crippen LogP contribution in [0.4, 0.5) is 0 Å². The number of allylic oxidation sites excluding steroid dienone is 1. The van der Waals surface area contributed by atoms with Gasteiger partial charge in [-0.2, -0.15) is 0 Å². The van der Waals surface area contributed by atoms with Crippen molar-refractivity contribution in [1.82, 2.24) is 19.7 Å². The molecule has 0 saturated carbocycles. The summed E-state index contributed by atoms with van der Waals surface area (Å²) >= 11 is 0. The summed E-state index contributed by atoms with van der Waals surface area (Å²) in [5.74, 6) is 4.67. The summed E-state index contributed by atoms with van der Waals surface area (Å²) in [7, 11) is 0. The van der Waals surface area contributed by atoms with Gasteiger partial charge in [0, 0.05) is 32.0 Å². The van der Waals surface area contributed by atoms with Crippen molar-refractivity contribution in [2.45, 2.75) is 64.8 Å². The zero-order chi connectivity index (χ0) is 15.8. The van der Waals surface area contributed by atoms with Gasteiger partial charge in [-0.3, -0.25) is 0 Å². The van der Waals surface area contributed by atoms with Gasteiger partial charge in [-0.1, -0.05) is 18.6 Å². The van der Waals surface area contributed by atoms with Gasteiger partial charge >= 0.3 is 0 Å². The van der Waals surface area contributed by atoms with Crippen LogP contribution in [0.15, 0.2) is 11.6 Å². The minimum absolute atomic E-state index is 0.589. The van der Waals surface area contributed by atoms with Crippen molar-refractivity contribution in [2.75, 3.05) is 19.6 Å². The molecule has 1 aromatic heterocycles. The van der Waals surface area contributed by atoms with E-state index in [0.717, 1.165) is 24.8 Å². The highest BCUT2D eigenvalue weighted by Crippen LogP contribution is 2.33. The second-order valence-electron chi connectivity index (χ2n) is 7.94. The van der Waals surface area contributed by atoms with E-state index >= 15 is 0 Å². The smallest absolute Gasteiger partial charge is 0.137 e. The second kappa shape index (κ2) is 6.39. The van der Waals surface area contributed by atoms with Gasteiger partial charge in [0.25, 0.3) is 0 Å². The maximum atomic E-state index is 4.55. The Kier molecular flexibility index (Phi) is 4.27. The number of rotatable bonds is 3. The molecule has 0 aromatic carbocycles. The molecule has 1 fully saturated rings. The van der Waals surface area contributed by atoms with Gasteiger partial charge in [0.1, 0.15) is 11.6 Å². The molecule has 0 radical (unpaired) electrons. The summed E-state index contributed by atoms with van der Waals surface area (Å²) in [6.07, 6.45) is 10.1. The quantitative estimate of drug-likeness (QED) is 0.802. The predicted octanol–water partition coefficient (Wildman–Crippen LogP) is 3.40. The number of hydrogen-bond donors (Lipinski definition) is 0. The monoisotopic (exact) mass is 314 g/mol. The Balaban J connectivity index is 1.45. The third-order valence-electron chi connectivity index (χ3n) is 6.32. The standard InChI is InChI=1S/C19H30N4/c1-14-6-3-7-15(2)17(14)13-22-10-4-8-16(12-22)19-21-20-18-9-5-11-23(18)19/h6,15-17H,3-5,7-13H2,1-2H3/t15-,16-,17+/m0/s1. The van der Waals surface area contributed by atoms with E-state index in [1.807, 2.05) is 0 Å². The van der Waals surface area contributed by atoms with Gasteiger partial charge < -0.3 is 9.47 Å². The van der Waals surface area contributed by atoms with Crippen molar-refractivity contribution in [1.29, 1.82) is 0 Å². The van der Waals surface area contributed by atoms with E-state index in [1.54, 1.807) is 5.57 Å². The molecule has 4 heteroatoms. The van der Waals surface area contributed by atoms with E-state index in [0.29, 0.717) is 5.92 Å². The van der Waals surface area contributed by atoms with Gasteiger partial charge in [0.05, 0.1) is 0 Å². The van der Waals surface area contributed by atoms with Gasteiger partial charge in [-0.25, -0.2) is 0 Å². The van der Waals surface area contributed by atoms with Crippen LogP contribution in [0.25, 0.3) is 0 Å². The summed E-state index contributed by atoms with van der Waals surface area (Å²) in [6, 6.07) is 0. The lowest BCUT2D eigenvalue weighted by molar-refractivity contribution is 0.160. The number of aromatic nitrogens is 3. The molecule has 1 aliphatic carbocycles. The highest BCUT2D eigenvalue weighted by atomic mass is 15.3. The molecule has 3 aliphatic rings. The van der Waals surface area contributed by atoms with Crippen molar-refractivity contribution < 1.29 is 0 Å². The van der Waals surface area contributed by atoms with Crippen LogP contribution in [-0.2, 0) is 13.0 Å². The van der Waals surface area contributed by atoms with Gasteiger partial charge in [-0.15, -0.1) is 10.2 Å². The molecule has 3 atom stereocenters. The lowest BCUT2D eigenvalue weighted by Gasteiger charge is -2.38. The van der Waals surface area contributed by atoms with Crippen molar-refractivity contribution in [2.24, 2.45) is 11.8 Å². The molecule has 0 bridgehead atoms. The SMILES string of the molecule is CC1=CCC[C@H](C)[C@@H]1CN1CCC[C@H](c2nnc3n2CCC3)C1. The first-order chi connectivity index (χ1) is 11.2. The van der Waals surface area contributed by atoms with Gasteiger partial charge in [0.15, 0.2) is 0 Å². The van der Waals surface area contributed by atoms with Crippen LogP contribution < -0.4 is 0 Å². The lowest BCUT2D eigenvalue weighted by atomic mass is 9.79. The summed E-state index contributed by atoms with van der Waals surface area (Å²) in [4.78, 5) is 2.70. The highest BCUT2D eigenvalue weighted by molar-refractivity contribution is 5.11. The first-order valence-corrected chi connectivity index (χ1v) is 9.53. The summed E-state index contributed by atoms with van der Waals surface area (Å²) in [5, 5.41) is 8.97. The van der Waals surface area contributed by atoms with Crippen LogP contribution in [0.2, 0.25) is 0 Å². The fraction of sp³-hybridized carbons (Fsp3) is 0.789. The highest BCUT2D eigenvalue weighted by Gasteiger charge is 2.31. The van der Waals surface area contributed by atoms with E-state index in [9.17, 15) is 0 Å². The molecule has 0 amide bonds. The summed E-state index contributed by atoms with van der Waals surface area (Å²) in [6.45, 7) is 9.58. The fourth-order valence-corrected chi connectivity index (χ4v) is 4.88. The minimum Gasteiger partial charge on any atom is -0.315 e. The number of aryl methyl sites for hydroxylation is 1. The van der Waals surface area contributed by atoms with Gasteiger partial charge in [-0.05, 0) is 57.4 Å². The average molecular weight is 314 g/mol. The maximum Gasteiger partial charge on any atom is 0.137 e. The fourth-order valence-electron chi connectivity index (χ4n) is 4.88. The minimum atomic E-state index is 0.589. The number of fused-ring (bicyclic) bond motifs is 1. The Morgan fingerprint density at radius 1 is 1.17 bits per heavy atom. The Hall–Kier alpha value is -1.16. The topological polar surface area (TPSA) is 34.0 Å². The molecule has 1 saturated heterocycles. The van der Waals surface area contributed by atoms with E-state index < -0.39 is 0 Å². The van der Waals surface area contributed by atoms with E-state index in [4.69, 9.17) is 0 Å². The molecular weight excluding hydrogens is 284 g/mol. The van der Waals surface area contributed by atoms with Gasteiger partial charge in [0.2, 0.25) is 0 Å². The largest absolute Gasteiger partial charge is 0.315 e. The zero-order valence-electron chi connectivity index (χ0n) is 14.7. The molecule has 0 spiro atoms. The number of nitrogens with zero attached hydrogens (tertiary/aromatic N) is 4.